The van der Waals surface area contributed by atoms with E-state index < -0.39 is 0 Å². The van der Waals surface area contributed by atoms with Crippen molar-refractivity contribution in [2.75, 3.05) is 51.7 Å². The predicted octanol–water partition coefficient (Wildman–Crippen LogP) is 3.24. The van der Waals surface area contributed by atoms with Crippen molar-refractivity contribution in [3.63, 3.8) is 0 Å². The maximum Gasteiger partial charge on any atom is 0.191 e. The van der Waals surface area contributed by atoms with E-state index in [-0.39, 0.29) is 35.8 Å². The summed E-state index contributed by atoms with van der Waals surface area (Å²) in [5.41, 5.74) is 7.30. The lowest BCUT2D eigenvalue weighted by Gasteiger charge is -2.36. The molecule has 1 fully saturated rings. The number of likely N-dealkylation sites (N-methyl/N-ethyl adjacent to an activating group) is 1. The summed E-state index contributed by atoms with van der Waals surface area (Å²) >= 11 is 1.75. The number of benzene rings is 1. The third kappa shape index (κ3) is 5.79. The molecular weight excluding hydrogens is 476 g/mol. The topological polar surface area (TPSA) is 48.1 Å². The molecule has 148 valence electrons. The van der Waals surface area contributed by atoms with E-state index >= 15 is 0 Å². The summed E-state index contributed by atoms with van der Waals surface area (Å²) in [6, 6.07) is 11.1. The van der Waals surface area contributed by atoms with E-state index in [1.807, 2.05) is 12.1 Å². The fraction of sp³-hybridized carbons (Fsp3) is 0.421. The first kappa shape index (κ1) is 21.9. The van der Waals surface area contributed by atoms with Crippen LogP contribution in [0, 0.1) is 5.82 Å². The van der Waals surface area contributed by atoms with Crippen LogP contribution in [-0.4, -0.2) is 62.6 Å². The highest BCUT2D eigenvalue weighted by Crippen LogP contribution is 2.23. The third-order valence-electron chi connectivity index (χ3n) is 4.72. The van der Waals surface area contributed by atoms with E-state index in [0.29, 0.717) is 12.5 Å². The number of piperazine rings is 1. The number of halogens is 2. The summed E-state index contributed by atoms with van der Waals surface area (Å²) in [4.78, 5) is 12.5. The maximum absolute atomic E-state index is 13.1. The van der Waals surface area contributed by atoms with E-state index in [2.05, 4.69) is 51.3 Å². The lowest BCUT2D eigenvalue weighted by Crippen LogP contribution is -2.51. The number of aliphatic imine (C=N–C) groups is 1. The molecule has 8 heteroatoms. The minimum atomic E-state index is -0.204. The normalized spacial score (nSPS) is 16.4. The minimum Gasteiger partial charge on any atom is -0.370 e. The average molecular weight is 503 g/mol. The smallest absolute Gasteiger partial charge is 0.191 e. The summed E-state index contributed by atoms with van der Waals surface area (Å²) in [5, 5.41) is 2.09. The molecule has 0 spiro atoms. The Bertz CT molecular complexity index is 712. The molecule has 27 heavy (non-hydrogen) atoms. The molecule has 2 heterocycles. The van der Waals surface area contributed by atoms with Crippen molar-refractivity contribution >= 4 is 47.0 Å². The molecule has 1 aliphatic rings. The molecule has 3 rings (SSSR count). The standard InChI is InChI=1S/C19H26FN5S.HI/c1-23(2)17(18-4-3-13-26-18)14-22-19(21)25-11-9-24(10-12-25)16-7-5-15(20)6-8-16;/h3-8,13,17H,9-12,14H2,1-2H3,(H2,21,22);1H. The summed E-state index contributed by atoms with van der Waals surface area (Å²) in [7, 11) is 4.13. The maximum atomic E-state index is 13.1. The Kier molecular flexibility index (Phi) is 8.30. The number of thiophene rings is 1. The van der Waals surface area contributed by atoms with Crippen molar-refractivity contribution in [1.29, 1.82) is 0 Å². The van der Waals surface area contributed by atoms with Gasteiger partial charge in [-0.3, -0.25) is 4.99 Å². The zero-order valence-electron chi connectivity index (χ0n) is 15.7. The zero-order valence-corrected chi connectivity index (χ0v) is 18.9. The van der Waals surface area contributed by atoms with Crippen molar-refractivity contribution in [2.24, 2.45) is 10.7 Å². The minimum absolute atomic E-state index is 0. The first-order valence-corrected chi connectivity index (χ1v) is 9.68. The van der Waals surface area contributed by atoms with Gasteiger partial charge in [-0.15, -0.1) is 35.3 Å². The second-order valence-corrected chi connectivity index (χ2v) is 7.62. The highest BCUT2D eigenvalue weighted by Gasteiger charge is 2.20. The molecule has 0 bridgehead atoms. The SMILES string of the molecule is CN(C)C(CN=C(N)N1CCN(c2ccc(F)cc2)CC1)c1cccs1.I. The number of hydrogen-bond acceptors (Lipinski definition) is 4. The largest absolute Gasteiger partial charge is 0.370 e. The summed E-state index contributed by atoms with van der Waals surface area (Å²) in [5.74, 6) is 0.400. The molecule has 1 aromatic heterocycles. The van der Waals surface area contributed by atoms with E-state index in [9.17, 15) is 4.39 Å². The van der Waals surface area contributed by atoms with Crippen molar-refractivity contribution < 1.29 is 4.39 Å². The quantitative estimate of drug-likeness (QED) is 0.387. The molecule has 2 aromatic rings. The van der Waals surface area contributed by atoms with Crippen LogP contribution in [0.3, 0.4) is 0 Å². The molecule has 1 aliphatic heterocycles. The number of nitrogens with zero attached hydrogens (tertiary/aromatic N) is 4. The zero-order chi connectivity index (χ0) is 18.5. The van der Waals surface area contributed by atoms with Crippen LogP contribution >= 0.6 is 35.3 Å². The van der Waals surface area contributed by atoms with Gasteiger partial charge in [0.2, 0.25) is 0 Å². The number of hydrogen-bond donors (Lipinski definition) is 1. The van der Waals surface area contributed by atoms with Gasteiger partial charge < -0.3 is 20.4 Å². The molecule has 1 atom stereocenters. The van der Waals surface area contributed by atoms with E-state index in [0.717, 1.165) is 31.9 Å². The van der Waals surface area contributed by atoms with Gasteiger partial charge in [0, 0.05) is 36.7 Å². The molecule has 0 radical (unpaired) electrons. The Labute approximate surface area is 181 Å². The molecule has 0 aliphatic carbocycles. The van der Waals surface area contributed by atoms with Gasteiger partial charge in [-0.2, -0.15) is 0 Å². The van der Waals surface area contributed by atoms with Crippen LogP contribution in [-0.2, 0) is 0 Å². The van der Waals surface area contributed by atoms with Crippen molar-refractivity contribution in [1.82, 2.24) is 9.80 Å². The van der Waals surface area contributed by atoms with Crippen molar-refractivity contribution in [3.05, 3.63) is 52.5 Å². The van der Waals surface area contributed by atoms with Gasteiger partial charge in [0.25, 0.3) is 0 Å². The van der Waals surface area contributed by atoms with E-state index in [1.165, 1.54) is 17.0 Å². The molecule has 1 saturated heterocycles. The third-order valence-corrected chi connectivity index (χ3v) is 5.69. The molecule has 2 N–H and O–H groups in total. The average Bonchev–Trinajstić information content (AvgIpc) is 3.16. The molecule has 1 unspecified atom stereocenters. The van der Waals surface area contributed by atoms with Gasteiger partial charge in [-0.1, -0.05) is 6.07 Å². The second kappa shape index (κ2) is 10.2. The Hall–Kier alpha value is -1.39. The van der Waals surface area contributed by atoms with Gasteiger partial charge in [-0.25, -0.2) is 4.39 Å². The van der Waals surface area contributed by atoms with E-state index in [1.54, 1.807) is 11.3 Å². The van der Waals surface area contributed by atoms with Gasteiger partial charge >= 0.3 is 0 Å². The first-order chi connectivity index (χ1) is 12.5. The fourth-order valence-electron chi connectivity index (χ4n) is 3.11. The van der Waals surface area contributed by atoms with Gasteiger partial charge in [0.15, 0.2) is 5.96 Å². The Morgan fingerprint density at radius 1 is 1.19 bits per heavy atom. The monoisotopic (exact) mass is 503 g/mol. The Morgan fingerprint density at radius 3 is 2.41 bits per heavy atom. The number of guanidine groups is 1. The molecule has 0 amide bonds. The number of rotatable bonds is 5. The van der Waals surface area contributed by atoms with Crippen LogP contribution in [0.4, 0.5) is 10.1 Å². The lowest BCUT2D eigenvalue weighted by molar-refractivity contribution is 0.308. The summed E-state index contributed by atoms with van der Waals surface area (Å²) < 4.78 is 13.1. The highest BCUT2D eigenvalue weighted by molar-refractivity contribution is 14.0. The predicted molar refractivity (Wildman–Crippen MR) is 123 cm³/mol. The van der Waals surface area contributed by atoms with Crippen LogP contribution in [0.25, 0.3) is 0 Å². The van der Waals surface area contributed by atoms with Crippen LogP contribution in [0.15, 0.2) is 46.8 Å². The molecule has 0 saturated carbocycles. The Balaban J connectivity index is 0.00000261. The van der Waals surface area contributed by atoms with Crippen LogP contribution in [0.1, 0.15) is 10.9 Å². The molecular formula is C19H27FIN5S. The van der Waals surface area contributed by atoms with Gasteiger partial charge in [0.05, 0.1) is 12.6 Å². The fourth-order valence-corrected chi connectivity index (χ4v) is 4.03. The summed E-state index contributed by atoms with van der Waals surface area (Å²) in [6.07, 6.45) is 0. The number of anilines is 1. The number of nitrogens with two attached hydrogens (primary N) is 1. The van der Waals surface area contributed by atoms with Gasteiger partial charge in [0.1, 0.15) is 5.82 Å². The van der Waals surface area contributed by atoms with Crippen LogP contribution in [0.2, 0.25) is 0 Å². The second-order valence-electron chi connectivity index (χ2n) is 6.64. The molecule has 1 aromatic carbocycles. The van der Waals surface area contributed by atoms with E-state index in [4.69, 9.17) is 5.73 Å². The summed E-state index contributed by atoms with van der Waals surface area (Å²) in [6.45, 7) is 3.99. The highest BCUT2D eigenvalue weighted by atomic mass is 127. The Morgan fingerprint density at radius 2 is 1.85 bits per heavy atom. The van der Waals surface area contributed by atoms with Crippen LogP contribution < -0.4 is 10.6 Å². The molecule has 5 nitrogen and oxygen atoms in total. The van der Waals surface area contributed by atoms with Crippen molar-refractivity contribution in [3.8, 4) is 0 Å². The van der Waals surface area contributed by atoms with Crippen LogP contribution in [0.5, 0.6) is 0 Å². The first-order valence-electron chi connectivity index (χ1n) is 8.80. The van der Waals surface area contributed by atoms with Gasteiger partial charge in [-0.05, 0) is 49.8 Å². The van der Waals surface area contributed by atoms with Crippen molar-refractivity contribution in [2.45, 2.75) is 6.04 Å². The lowest BCUT2D eigenvalue weighted by atomic mass is 10.2.